The number of anilines is 2. The van der Waals surface area contributed by atoms with Crippen LogP contribution in [0.4, 0.5) is 11.4 Å². The molecule has 0 aliphatic rings. The van der Waals surface area contributed by atoms with E-state index in [9.17, 15) is 14.4 Å². The van der Waals surface area contributed by atoms with E-state index < -0.39 is 0 Å². The fourth-order valence-corrected chi connectivity index (χ4v) is 4.75. The summed E-state index contributed by atoms with van der Waals surface area (Å²) >= 11 is 0. The van der Waals surface area contributed by atoms with E-state index in [1.54, 1.807) is 36.1 Å². The quantitative estimate of drug-likeness (QED) is 0.231. The van der Waals surface area contributed by atoms with Crippen molar-refractivity contribution in [3.63, 3.8) is 0 Å². The maximum Gasteiger partial charge on any atom is 0.251 e. The number of nitrogens with zero attached hydrogens (tertiary/aromatic N) is 5. The number of rotatable bonds is 10. The number of aryl methyl sites for hydroxylation is 3. The van der Waals surface area contributed by atoms with Crippen LogP contribution in [0.3, 0.4) is 0 Å². The molecular formula is C35H33N7O3. The third-order valence-electron chi connectivity index (χ3n) is 7.28. The summed E-state index contributed by atoms with van der Waals surface area (Å²) in [6.45, 7) is 5.91. The molecule has 226 valence electrons. The molecule has 0 bridgehead atoms. The summed E-state index contributed by atoms with van der Waals surface area (Å²) in [5.41, 5.74) is 6.37. The van der Waals surface area contributed by atoms with Gasteiger partial charge in [-0.2, -0.15) is 0 Å². The number of carbonyl (C=O) groups is 3. The van der Waals surface area contributed by atoms with E-state index in [1.807, 2.05) is 86.6 Å². The number of hydrogen-bond donors (Lipinski definition) is 2. The molecule has 0 unspecified atom stereocenters. The second-order valence-corrected chi connectivity index (χ2v) is 10.6. The van der Waals surface area contributed by atoms with Crippen LogP contribution in [0.25, 0.3) is 11.4 Å². The largest absolute Gasteiger partial charge is 0.343 e. The number of carbonyl (C=O) groups excluding carboxylic acids is 3. The summed E-state index contributed by atoms with van der Waals surface area (Å²) < 4.78 is 0. The van der Waals surface area contributed by atoms with Crippen molar-refractivity contribution < 1.29 is 14.4 Å². The normalized spacial score (nSPS) is 10.6. The molecule has 2 N–H and O–H groups in total. The van der Waals surface area contributed by atoms with E-state index in [1.165, 1.54) is 0 Å². The summed E-state index contributed by atoms with van der Waals surface area (Å²) in [5.74, 6) is 0.0921. The Morgan fingerprint density at radius 1 is 0.711 bits per heavy atom. The van der Waals surface area contributed by atoms with Crippen molar-refractivity contribution in [1.29, 1.82) is 0 Å². The van der Waals surface area contributed by atoms with Gasteiger partial charge < -0.3 is 15.5 Å². The smallest absolute Gasteiger partial charge is 0.251 e. The maximum atomic E-state index is 13.4. The first-order valence-corrected chi connectivity index (χ1v) is 14.5. The van der Waals surface area contributed by atoms with E-state index >= 15 is 0 Å². The first-order chi connectivity index (χ1) is 21.8. The Hall–Kier alpha value is -5.77. The van der Waals surface area contributed by atoms with Crippen LogP contribution in [0.15, 0.2) is 97.1 Å². The Kier molecular flexibility index (Phi) is 9.64. The van der Waals surface area contributed by atoms with Crippen LogP contribution in [-0.4, -0.2) is 44.7 Å². The number of aromatic nitrogens is 4. The lowest BCUT2D eigenvalue weighted by Gasteiger charge is -2.25. The van der Waals surface area contributed by atoms with Crippen molar-refractivity contribution in [3.8, 4) is 11.4 Å². The van der Waals surface area contributed by atoms with Crippen LogP contribution in [0.1, 0.15) is 38.4 Å². The lowest BCUT2D eigenvalue weighted by atomic mass is 10.1. The highest BCUT2D eigenvalue weighted by Gasteiger charge is 2.20. The highest BCUT2D eigenvalue weighted by molar-refractivity contribution is 6.01. The Morgan fingerprint density at radius 3 is 2.02 bits per heavy atom. The average molecular weight is 600 g/mol. The monoisotopic (exact) mass is 599 g/mol. The number of amides is 3. The molecule has 5 aromatic rings. The van der Waals surface area contributed by atoms with Crippen molar-refractivity contribution in [2.75, 3.05) is 16.8 Å². The zero-order valence-electron chi connectivity index (χ0n) is 25.3. The first-order valence-electron chi connectivity index (χ1n) is 14.5. The minimum atomic E-state index is -0.384. The Balaban J connectivity index is 1.16. The number of hydrogen-bond acceptors (Lipinski definition) is 7. The van der Waals surface area contributed by atoms with Crippen molar-refractivity contribution in [2.24, 2.45) is 0 Å². The standard InChI is InChI=1S/C35H33N7O3/c1-23-8-4-6-10-29(23)22-42(31-11-7-5-9-24(31)2)33(44)21-36-35(45)28-16-18-30(19-17-28)37-32(43)20-26-12-14-27(15-13-26)34-40-38-25(3)39-41-34/h4-19H,20-22H2,1-3H3,(H,36,45)(H,37,43). The van der Waals surface area contributed by atoms with E-state index in [0.29, 0.717) is 29.4 Å². The summed E-state index contributed by atoms with van der Waals surface area (Å²) in [5, 5.41) is 21.5. The zero-order chi connectivity index (χ0) is 31.8. The van der Waals surface area contributed by atoms with Crippen LogP contribution >= 0.6 is 0 Å². The lowest BCUT2D eigenvalue weighted by Crippen LogP contribution is -2.40. The summed E-state index contributed by atoms with van der Waals surface area (Å²) in [6, 6.07) is 29.4. The van der Waals surface area contributed by atoms with Gasteiger partial charge in [0.2, 0.25) is 17.6 Å². The van der Waals surface area contributed by atoms with E-state index in [-0.39, 0.29) is 30.7 Å². The van der Waals surface area contributed by atoms with Gasteiger partial charge in [0.15, 0.2) is 5.82 Å². The molecule has 0 aliphatic carbocycles. The molecule has 0 saturated heterocycles. The maximum absolute atomic E-state index is 13.4. The van der Waals surface area contributed by atoms with Crippen LogP contribution < -0.4 is 15.5 Å². The molecule has 0 atom stereocenters. The van der Waals surface area contributed by atoms with Crippen LogP contribution in [-0.2, 0) is 22.6 Å². The molecule has 0 aliphatic heterocycles. The third-order valence-corrected chi connectivity index (χ3v) is 7.28. The predicted octanol–water partition coefficient (Wildman–Crippen LogP) is 5.00. The summed E-state index contributed by atoms with van der Waals surface area (Å²) in [6.07, 6.45) is 0.162. The van der Waals surface area contributed by atoms with Gasteiger partial charge in [0.1, 0.15) is 0 Å². The van der Waals surface area contributed by atoms with Crippen molar-refractivity contribution in [1.82, 2.24) is 25.7 Å². The lowest BCUT2D eigenvalue weighted by molar-refractivity contribution is -0.118. The van der Waals surface area contributed by atoms with Crippen LogP contribution in [0.2, 0.25) is 0 Å². The van der Waals surface area contributed by atoms with Crippen molar-refractivity contribution in [2.45, 2.75) is 33.7 Å². The van der Waals surface area contributed by atoms with E-state index in [4.69, 9.17) is 0 Å². The summed E-state index contributed by atoms with van der Waals surface area (Å²) in [7, 11) is 0. The second kappa shape index (κ2) is 14.1. The van der Waals surface area contributed by atoms with Gasteiger partial charge in [-0.3, -0.25) is 14.4 Å². The van der Waals surface area contributed by atoms with Gasteiger partial charge in [-0.25, -0.2) is 0 Å². The zero-order valence-corrected chi connectivity index (χ0v) is 25.3. The Labute approximate surface area is 261 Å². The Bertz CT molecular complexity index is 1810. The van der Waals surface area contributed by atoms with Gasteiger partial charge in [0.05, 0.1) is 19.5 Å². The topological polar surface area (TPSA) is 130 Å². The van der Waals surface area contributed by atoms with Crippen molar-refractivity contribution >= 4 is 29.1 Å². The number of nitrogens with one attached hydrogen (secondary N) is 2. The fraction of sp³-hybridized carbons (Fsp3) is 0.171. The highest BCUT2D eigenvalue weighted by Crippen LogP contribution is 2.23. The van der Waals surface area contributed by atoms with E-state index in [0.717, 1.165) is 33.5 Å². The van der Waals surface area contributed by atoms with Gasteiger partial charge in [0, 0.05) is 22.5 Å². The van der Waals surface area contributed by atoms with Gasteiger partial charge in [-0.1, -0.05) is 66.7 Å². The molecule has 10 heteroatoms. The Morgan fingerprint density at radius 2 is 1.36 bits per heavy atom. The van der Waals surface area contributed by atoms with Crippen LogP contribution in [0.5, 0.6) is 0 Å². The fourth-order valence-electron chi connectivity index (χ4n) is 4.75. The van der Waals surface area contributed by atoms with Gasteiger partial charge in [-0.05, 0) is 73.4 Å². The summed E-state index contributed by atoms with van der Waals surface area (Å²) in [4.78, 5) is 40.7. The first kappa shape index (κ1) is 30.7. The van der Waals surface area contributed by atoms with Gasteiger partial charge in [-0.15, -0.1) is 20.4 Å². The number of benzene rings is 4. The molecule has 45 heavy (non-hydrogen) atoms. The van der Waals surface area contributed by atoms with E-state index in [2.05, 4.69) is 31.0 Å². The van der Waals surface area contributed by atoms with Gasteiger partial charge >= 0.3 is 0 Å². The molecule has 0 saturated carbocycles. The predicted molar refractivity (Wildman–Crippen MR) is 172 cm³/mol. The van der Waals surface area contributed by atoms with Crippen molar-refractivity contribution in [3.05, 3.63) is 131 Å². The molecule has 4 aromatic carbocycles. The average Bonchev–Trinajstić information content (AvgIpc) is 3.04. The minimum absolute atomic E-state index is 0.162. The molecule has 0 spiro atoms. The molecule has 10 nitrogen and oxygen atoms in total. The van der Waals surface area contributed by atoms with Crippen LogP contribution in [0, 0.1) is 20.8 Å². The molecule has 5 rings (SSSR count). The SMILES string of the molecule is Cc1nnc(-c2ccc(CC(=O)Nc3ccc(C(=O)NCC(=O)N(Cc4ccccc4C)c4ccccc4C)cc3)cc2)nn1. The minimum Gasteiger partial charge on any atom is -0.343 e. The second-order valence-electron chi connectivity index (χ2n) is 10.6. The van der Waals surface area contributed by atoms with Gasteiger partial charge in [0.25, 0.3) is 5.91 Å². The molecule has 1 heterocycles. The third kappa shape index (κ3) is 7.99. The molecule has 1 aromatic heterocycles. The molecule has 3 amide bonds. The highest BCUT2D eigenvalue weighted by atomic mass is 16.2. The molecule has 0 radical (unpaired) electrons. The molecule has 0 fully saturated rings. The molecular weight excluding hydrogens is 566 g/mol. The number of para-hydroxylation sites is 1.